The van der Waals surface area contributed by atoms with Gasteiger partial charge in [-0.25, -0.2) is 0 Å². The van der Waals surface area contributed by atoms with Gasteiger partial charge in [-0.1, -0.05) is 28.1 Å². The minimum Gasteiger partial charge on any atom is -0.310 e. The van der Waals surface area contributed by atoms with Crippen molar-refractivity contribution in [1.82, 2.24) is 10.2 Å². The van der Waals surface area contributed by atoms with Gasteiger partial charge in [0.15, 0.2) is 0 Å². The van der Waals surface area contributed by atoms with Crippen LogP contribution in [0.2, 0.25) is 0 Å². The molecule has 0 amide bonds. The molecule has 2 aliphatic rings. The molecule has 0 spiro atoms. The van der Waals surface area contributed by atoms with E-state index in [0.29, 0.717) is 11.6 Å². The quantitative estimate of drug-likeness (QED) is 0.902. The van der Waals surface area contributed by atoms with Crippen LogP contribution in [0.1, 0.15) is 38.7 Å². The van der Waals surface area contributed by atoms with Crippen LogP contribution in [0.15, 0.2) is 28.7 Å². The Bertz CT molecular complexity index is 455. The van der Waals surface area contributed by atoms with Gasteiger partial charge in [0.05, 0.1) is 0 Å². The van der Waals surface area contributed by atoms with Gasteiger partial charge >= 0.3 is 0 Å². The van der Waals surface area contributed by atoms with E-state index in [4.69, 9.17) is 0 Å². The summed E-state index contributed by atoms with van der Waals surface area (Å²) < 4.78 is 1.16. The molecule has 1 aliphatic carbocycles. The Balaban J connectivity index is 1.73. The van der Waals surface area contributed by atoms with E-state index in [2.05, 4.69) is 64.3 Å². The van der Waals surface area contributed by atoms with Gasteiger partial charge in [-0.05, 0) is 63.3 Å². The summed E-state index contributed by atoms with van der Waals surface area (Å²) in [5, 5.41) is 3.83. The monoisotopic (exact) mass is 336 g/mol. The van der Waals surface area contributed by atoms with Gasteiger partial charge in [0, 0.05) is 29.1 Å². The maximum atomic E-state index is 3.83. The van der Waals surface area contributed by atoms with E-state index < -0.39 is 0 Å². The van der Waals surface area contributed by atoms with E-state index in [1.54, 1.807) is 0 Å². The number of benzene rings is 1. The highest BCUT2D eigenvalue weighted by Gasteiger charge is 2.43. The number of nitrogens with zero attached hydrogens (tertiary/aromatic N) is 1. The summed E-state index contributed by atoms with van der Waals surface area (Å²) in [5.74, 6) is 0.889. The Hall–Kier alpha value is -0.380. The van der Waals surface area contributed by atoms with Crippen molar-refractivity contribution in [1.29, 1.82) is 0 Å². The lowest BCUT2D eigenvalue weighted by Gasteiger charge is -2.36. The molecule has 0 radical (unpaired) electrons. The maximum Gasteiger partial charge on any atom is 0.0308 e. The predicted octanol–water partition coefficient (Wildman–Crippen LogP) is 3.80. The van der Waals surface area contributed by atoms with Crippen molar-refractivity contribution < 1.29 is 0 Å². The van der Waals surface area contributed by atoms with Crippen molar-refractivity contribution in [3.05, 3.63) is 34.3 Å². The van der Waals surface area contributed by atoms with Crippen molar-refractivity contribution in [3.8, 4) is 0 Å². The highest BCUT2D eigenvalue weighted by Crippen LogP contribution is 2.41. The first-order chi connectivity index (χ1) is 9.57. The zero-order valence-corrected chi connectivity index (χ0v) is 14.1. The summed E-state index contributed by atoms with van der Waals surface area (Å²) in [6, 6.07) is 9.44. The van der Waals surface area contributed by atoms with Crippen molar-refractivity contribution >= 4 is 15.9 Å². The topological polar surface area (TPSA) is 15.3 Å². The number of nitrogens with one attached hydrogen (secondary N) is 1. The van der Waals surface area contributed by atoms with Gasteiger partial charge in [-0.2, -0.15) is 0 Å². The molecule has 0 aromatic heterocycles. The van der Waals surface area contributed by atoms with Crippen LogP contribution in [-0.4, -0.2) is 29.6 Å². The summed E-state index contributed by atoms with van der Waals surface area (Å²) in [6.45, 7) is 8.20. The Morgan fingerprint density at radius 2 is 1.95 bits per heavy atom. The highest BCUT2D eigenvalue weighted by molar-refractivity contribution is 9.10. The van der Waals surface area contributed by atoms with Crippen molar-refractivity contribution in [2.24, 2.45) is 5.92 Å². The molecule has 1 N–H and O–H groups in total. The van der Waals surface area contributed by atoms with Crippen LogP contribution in [0, 0.1) is 5.92 Å². The zero-order valence-electron chi connectivity index (χ0n) is 12.5. The van der Waals surface area contributed by atoms with Crippen molar-refractivity contribution in [2.75, 3.05) is 13.1 Å². The minimum absolute atomic E-state index is 0.320. The molecule has 1 aromatic carbocycles. The van der Waals surface area contributed by atoms with Crippen LogP contribution in [0.5, 0.6) is 0 Å². The normalized spacial score (nSPS) is 32.0. The first-order valence-corrected chi connectivity index (χ1v) is 8.60. The van der Waals surface area contributed by atoms with E-state index in [1.807, 2.05) is 0 Å². The molecule has 2 atom stereocenters. The summed E-state index contributed by atoms with van der Waals surface area (Å²) in [7, 11) is 0. The Morgan fingerprint density at radius 1 is 1.25 bits per heavy atom. The molecule has 3 heteroatoms. The maximum absolute atomic E-state index is 3.83. The zero-order chi connectivity index (χ0) is 14.2. The van der Waals surface area contributed by atoms with Gasteiger partial charge in [-0.15, -0.1) is 0 Å². The SMILES string of the molecule is CC1CCNC(C)(C2CC2)CN1Cc1ccc(Br)cc1. The highest BCUT2D eigenvalue weighted by atomic mass is 79.9. The van der Waals surface area contributed by atoms with Crippen molar-refractivity contribution in [2.45, 2.75) is 51.2 Å². The summed E-state index contributed by atoms with van der Waals surface area (Å²) in [5.41, 5.74) is 1.74. The lowest BCUT2D eigenvalue weighted by Crippen LogP contribution is -2.51. The molecule has 1 heterocycles. The van der Waals surface area contributed by atoms with E-state index in [1.165, 1.54) is 31.4 Å². The smallest absolute Gasteiger partial charge is 0.0308 e. The second-order valence-electron chi connectivity index (χ2n) is 6.79. The van der Waals surface area contributed by atoms with Gasteiger partial charge < -0.3 is 5.32 Å². The fourth-order valence-corrected chi connectivity index (χ4v) is 3.68. The molecular weight excluding hydrogens is 312 g/mol. The van der Waals surface area contributed by atoms with Gasteiger partial charge in [0.25, 0.3) is 0 Å². The molecule has 20 heavy (non-hydrogen) atoms. The number of rotatable bonds is 3. The Morgan fingerprint density at radius 3 is 2.60 bits per heavy atom. The standard InChI is InChI=1S/C17H25BrN2/c1-13-9-10-19-17(2,15-5-6-15)12-20(13)11-14-3-7-16(18)8-4-14/h3-4,7-8,13,15,19H,5-6,9-12H2,1-2H3. The van der Waals surface area contributed by atoms with E-state index >= 15 is 0 Å². The molecule has 0 bridgehead atoms. The second kappa shape index (κ2) is 5.78. The molecule has 1 saturated carbocycles. The molecule has 2 nitrogen and oxygen atoms in total. The lowest BCUT2D eigenvalue weighted by molar-refractivity contribution is 0.155. The number of hydrogen-bond donors (Lipinski definition) is 1. The predicted molar refractivity (Wildman–Crippen MR) is 87.8 cm³/mol. The molecule has 1 aliphatic heterocycles. The third-order valence-corrected chi connectivity index (χ3v) is 5.55. The minimum atomic E-state index is 0.320. The molecule has 2 unspecified atom stereocenters. The van der Waals surface area contributed by atoms with Crippen LogP contribution in [0.25, 0.3) is 0 Å². The molecular formula is C17H25BrN2. The van der Waals surface area contributed by atoms with E-state index in [9.17, 15) is 0 Å². The van der Waals surface area contributed by atoms with Gasteiger partial charge in [-0.3, -0.25) is 4.90 Å². The lowest BCUT2D eigenvalue weighted by atomic mass is 9.95. The fraction of sp³-hybridized carbons (Fsp3) is 0.647. The third-order valence-electron chi connectivity index (χ3n) is 5.02. The third kappa shape index (κ3) is 3.26. The summed E-state index contributed by atoms with van der Waals surface area (Å²) in [4.78, 5) is 2.67. The summed E-state index contributed by atoms with van der Waals surface area (Å²) in [6.07, 6.45) is 4.06. The molecule has 110 valence electrons. The first kappa shape index (κ1) is 14.6. The molecule has 3 rings (SSSR count). The van der Waals surface area contributed by atoms with Crippen molar-refractivity contribution in [3.63, 3.8) is 0 Å². The van der Waals surface area contributed by atoms with Crippen LogP contribution in [0.3, 0.4) is 0 Å². The average molecular weight is 337 g/mol. The number of halogens is 1. The molecule has 2 fully saturated rings. The summed E-state index contributed by atoms with van der Waals surface area (Å²) >= 11 is 3.52. The number of hydrogen-bond acceptors (Lipinski definition) is 2. The van der Waals surface area contributed by atoms with Gasteiger partial charge in [0.2, 0.25) is 0 Å². The first-order valence-electron chi connectivity index (χ1n) is 7.80. The Labute approximate surface area is 131 Å². The van der Waals surface area contributed by atoms with Crippen LogP contribution in [0.4, 0.5) is 0 Å². The molecule has 1 saturated heterocycles. The second-order valence-corrected chi connectivity index (χ2v) is 7.70. The van der Waals surface area contributed by atoms with E-state index in [-0.39, 0.29) is 0 Å². The van der Waals surface area contributed by atoms with Gasteiger partial charge in [0.1, 0.15) is 0 Å². The van der Waals surface area contributed by atoms with Crippen LogP contribution >= 0.6 is 15.9 Å². The van der Waals surface area contributed by atoms with Crippen LogP contribution in [-0.2, 0) is 6.54 Å². The van der Waals surface area contributed by atoms with E-state index in [0.717, 1.165) is 23.5 Å². The molecule has 1 aromatic rings. The largest absolute Gasteiger partial charge is 0.310 e. The fourth-order valence-electron chi connectivity index (χ4n) is 3.41. The Kier molecular flexibility index (Phi) is 4.21. The average Bonchev–Trinajstić information content (AvgIpc) is 3.24. The van der Waals surface area contributed by atoms with Crippen LogP contribution < -0.4 is 5.32 Å².